The molecule has 1 aliphatic carbocycles. The Bertz CT molecular complexity index is 887. The summed E-state index contributed by atoms with van der Waals surface area (Å²) in [6, 6.07) is 9.38. The number of aromatic nitrogens is 1. The van der Waals surface area contributed by atoms with Crippen molar-refractivity contribution in [1.82, 2.24) is 4.98 Å². The highest BCUT2D eigenvalue weighted by molar-refractivity contribution is 5.61. The van der Waals surface area contributed by atoms with Gasteiger partial charge in [-0.05, 0) is 81.0 Å². The number of pyridine rings is 1. The molecule has 2 nitrogen and oxygen atoms in total. The molecule has 1 heterocycles. The minimum absolute atomic E-state index is 0.102. The fraction of sp³-hybridized carbons (Fsp3) is 0.686. The number of nitrogens with zero attached hydrogens (tertiary/aromatic N) is 1. The number of ether oxygens (including phenoxy) is 1. The van der Waals surface area contributed by atoms with Gasteiger partial charge in [0, 0.05) is 17.8 Å². The summed E-state index contributed by atoms with van der Waals surface area (Å²) in [5.74, 6) is 1.86. The van der Waals surface area contributed by atoms with Crippen molar-refractivity contribution in [1.29, 1.82) is 0 Å². The monoisotopic (exact) mass is 523 g/mol. The van der Waals surface area contributed by atoms with E-state index in [0.717, 1.165) is 18.8 Å². The zero-order valence-electron chi connectivity index (χ0n) is 24.7. The fourth-order valence-electron chi connectivity index (χ4n) is 6.08. The highest BCUT2D eigenvalue weighted by atomic mass is 19.1. The minimum atomic E-state index is -0.262. The van der Waals surface area contributed by atoms with Crippen molar-refractivity contribution >= 4 is 0 Å². The summed E-state index contributed by atoms with van der Waals surface area (Å²) in [5, 5.41) is 0. The summed E-state index contributed by atoms with van der Waals surface area (Å²) in [6.07, 6.45) is 25.9. The topological polar surface area (TPSA) is 22.1 Å². The van der Waals surface area contributed by atoms with Crippen LogP contribution in [0, 0.1) is 11.7 Å². The molecule has 1 aliphatic rings. The van der Waals surface area contributed by atoms with Gasteiger partial charge in [0.2, 0.25) is 0 Å². The standard InChI is InChI=1S/C35H54FNO/c1-4-6-8-10-11-12-13-15-17-29-18-20-30(21-19-29)31-22-25-35(37-27-31)33-24-23-32(26-34(33)36)38-28(3)16-14-9-7-5-2/h22-30H,4-21H2,1-3H3/t28-,29-,30-/m0/s1. The average Bonchev–Trinajstić information content (AvgIpc) is 2.93. The lowest BCUT2D eigenvalue weighted by Gasteiger charge is -2.28. The van der Waals surface area contributed by atoms with Crippen LogP contribution in [-0.4, -0.2) is 11.1 Å². The van der Waals surface area contributed by atoms with E-state index in [1.165, 1.54) is 114 Å². The lowest BCUT2D eigenvalue weighted by Crippen LogP contribution is -2.13. The van der Waals surface area contributed by atoms with Gasteiger partial charge in [-0.3, -0.25) is 4.98 Å². The van der Waals surface area contributed by atoms with E-state index in [0.29, 0.717) is 22.9 Å². The van der Waals surface area contributed by atoms with Crippen LogP contribution >= 0.6 is 0 Å². The zero-order valence-corrected chi connectivity index (χ0v) is 24.7. The molecular weight excluding hydrogens is 469 g/mol. The molecule has 1 aromatic heterocycles. The molecule has 0 spiro atoms. The van der Waals surface area contributed by atoms with Crippen molar-refractivity contribution in [3.8, 4) is 17.0 Å². The number of rotatable bonds is 18. The maximum atomic E-state index is 14.9. The number of unbranched alkanes of at least 4 members (excludes halogenated alkanes) is 10. The van der Waals surface area contributed by atoms with Crippen molar-refractivity contribution in [3.05, 3.63) is 47.9 Å². The molecule has 0 N–H and O–H groups in total. The lowest BCUT2D eigenvalue weighted by molar-refractivity contribution is 0.205. The third kappa shape index (κ3) is 10.7. The number of halogens is 1. The second kappa shape index (κ2) is 17.6. The molecule has 0 bridgehead atoms. The van der Waals surface area contributed by atoms with Crippen molar-refractivity contribution in [2.45, 2.75) is 148 Å². The van der Waals surface area contributed by atoms with Crippen LogP contribution < -0.4 is 4.74 Å². The Morgan fingerprint density at radius 1 is 0.816 bits per heavy atom. The van der Waals surface area contributed by atoms with E-state index in [1.54, 1.807) is 0 Å². The summed E-state index contributed by atoms with van der Waals surface area (Å²) in [7, 11) is 0. The van der Waals surface area contributed by atoms with Gasteiger partial charge >= 0.3 is 0 Å². The Hall–Kier alpha value is -1.90. The summed E-state index contributed by atoms with van der Waals surface area (Å²) < 4.78 is 20.9. The number of hydrogen-bond acceptors (Lipinski definition) is 2. The van der Waals surface area contributed by atoms with Crippen LogP contribution in [0.1, 0.15) is 148 Å². The van der Waals surface area contributed by atoms with E-state index in [-0.39, 0.29) is 11.9 Å². The Labute approximate surface area is 233 Å². The molecule has 0 aliphatic heterocycles. The largest absolute Gasteiger partial charge is 0.491 e. The zero-order chi connectivity index (χ0) is 27.0. The fourth-order valence-corrected chi connectivity index (χ4v) is 6.08. The van der Waals surface area contributed by atoms with Gasteiger partial charge in [-0.25, -0.2) is 4.39 Å². The molecule has 0 radical (unpaired) electrons. The predicted octanol–water partition coefficient (Wildman–Crippen LogP) is 11.4. The van der Waals surface area contributed by atoms with E-state index in [2.05, 4.69) is 31.8 Å². The van der Waals surface area contributed by atoms with E-state index >= 15 is 0 Å². The van der Waals surface area contributed by atoms with Crippen LogP contribution in [0.15, 0.2) is 36.5 Å². The molecule has 1 atom stereocenters. The van der Waals surface area contributed by atoms with Crippen LogP contribution in [-0.2, 0) is 0 Å². The molecule has 1 fully saturated rings. The Morgan fingerprint density at radius 2 is 1.47 bits per heavy atom. The average molecular weight is 524 g/mol. The van der Waals surface area contributed by atoms with E-state index in [9.17, 15) is 4.39 Å². The SMILES string of the molecule is CCCCCCCCCC[C@H]1CC[C@H](c2ccc(-c3ccc(O[C@@H](C)CCCCCC)cc3F)nc2)CC1. The summed E-state index contributed by atoms with van der Waals surface area (Å²) in [5.41, 5.74) is 2.57. The second-order valence-corrected chi connectivity index (χ2v) is 11.9. The molecule has 3 heteroatoms. The predicted molar refractivity (Wildman–Crippen MR) is 160 cm³/mol. The Morgan fingerprint density at radius 3 is 2.11 bits per heavy atom. The molecule has 1 aromatic carbocycles. The van der Waals surface area contributed by atoms with Crippen LogP contribution in [0.2, 0.25) is 0 Å². The number of hydrogen-bond donors (Lipinski definition) is 0. The van der Waals surface area contributed by atoms with E-state index < -0.39 is 0 Å². The normalized spacial score (nSPS) is 18.4. The van der Waals surface area contributed by atoms with Gasteiger partial charge in [-0.2, -0.15) is 0 Å². The molecule has 3 rings (SSSR count). The summed E-state index contributed by atoms with van der Waals surface area (Å²) in [6.45, 7) is 6.58. The third-order valence-electron chi connectivity index (χ3n) is 8.59. The Kier molecular flexibility index (Phi) is 14.2. The highest BCUT2D eigenvalue weighted by Gasteiger charge is 2.22. The lowest BCUT2D eigenvalue weighted by atomic mass is 9.77. The number of benzene rings is 1. The van der Waals surface area contributed by atoms with Crippen molar-refractivity contribution < 1.29 is 9.13 Å². The maximum Gasteiger partial charge on any atom is 0.136 e. The molecule has 38 heavy (non-hydrogen) atoms. The van der Waals surface area contributed by atoms with Gasteiger partial charge in [0.05, 0.1) is 11.8 Å². The van der Waals surface area contributed by atoms with Crippen LogP contribution in [0.25, 0.3) is 11.3 Å². The van der Waals surface area contributed by atoms with Crippen LogP contribution in [0.5, 0.6) is 5.75 Å². The summed E-state index contributed by atoms with van der Waals surface area (Å²) >= 11 is 0. The van der Waals surface area contributed by atoms with Gasteiger partial charge < -0.3 is 4.74 Å². The molecule has 0 saturated heterocycles. The van der Waals surface area contributed by atoms with Gasteiger partial charge in [-0.15, -0.1) is 0 Å². The molecule has 212 valence electrons. The van der Waals surface area contributed by atoms with Crippen molar-refractivity contribution in [2.24, 2.45) is 5.92 Å². The summed E-state index contributed by atoms with van der Waals surface area (Å²) in [4.78, 5) is 4.67. The first-order chi connectivity index (χ1) is 18.6. The molecular formula is C35H54FNO. The second-order valence-electron chi connectivity index (χ2n) is 11.9. The maximum absolute atomic E-state index is 14.9. The smallest absolute Gasteiger partial charge is 0.136 e. The van der Waals surface area contributed by atoms with Crippen LogP contribution in [0.4, 0.5) is 4.39 Å². The van der Waals surface area contributed by atoms with Crippen LogP contribution in [0.3, 0.4) is 0 Å². The molecule has 0 amide bonds. The molecule has 2 aromatic rings. The highest BCUT2D eigenvalue weighted by Crippen LogP contribution is 2.38. The first kappa shape index (κ1) is 30.6. The third-order valence-corrected chi connectivity index (χ3v) is 8.59. The van der Waals surface area contributed by atoms with Crippen molar-refractivity contribution in [3.63, 3.8) is 0 Å². The molecule has 1 saturated carbocycles. The van der Waals surface area contributed by atoms with E-state index in [1.807, 2.05) is 24.4 Å². The Balaban J connectivity index is 1.39. The van der Waals surface area contributed by atoms with Gasteiger partial charge in [0.15, 0.2) is 0 Å². The van der Waals surface area contributed by atoms with Gasteiger partial charge in [0.25, 0.3) is 0 Å². The van der Waals surface area contributed by atoms with E-state index in [4.69, 9.17) is 4.74 Å². The van der Waals surface area contributed by atoms with Crippen molar-refractivity contribution in [2.75, 3.05) is 0 Å². The first-order valence-corrected chi connectivity index (χ1v) is 16.0. The minimum Gasteiger partial charge on any atom is -0.491 e. The van der Waals surface area contributed by atoms with Gasteiger partial charge in [0.1, 0.15) is 11.6 Å². The first-order valence-electron chi connectivity index (χ1n) is 16.0. The molecule has 0 unspecified atom stereocenters. The quantitative estimate of drug-likeness (QED) is 0.181. The van der Waals surface area contributed by atoms with Gasteiger partial charge in [-0.1, -0.05) is 97.0 Å².